The maximum absolute atomic E-state index is 11.2. The molecule has 0 saturated heterocycles. The lowest BCUT2D eigenvalue weighted by Crippen LogP contribution is -2.15. The van der Waals surface area contributed by atoms with Gasteiger partial charge in [-0.05, 0) is 6.92 Å². The molecule has 1 aromatic rings. The molecule has 72 valence electrons. The normalized spacial score (nSPS) is 12.5. The molecule has 1 rings (SSSR count). The van der Waals surface area contributed by atoms with Gasteiger partial charge in [-0.15, -0.1) is 0 Å². The maximum atomic E-state index is 11.2. The summed E-state index contributed by atoms with van der Waals surface area (Å²) in [4.78, 5) is 17.8. The van der Waals surface area contributed by atoms with Crippen LogP contribution in [0.25, 0.3) is 0 Å². The first-order valence-corrected chi connectivity index (χ1v) is 3.85. The Labute approximate surface area is 75.7 Å². The van der Waals surface area contributed by atoms with Gasteiger partial charge in [0.2, 0.25) is 5.75 Å². The monoisotopic (exact) mass is 184 g/mol. The van der Waals surface area contributed by atoms with Crippen molar-refractivity contribution >= 4 is 0 Å². The van der Waals surface area contributed by atoms with Crippen LogP contribution in [-0.4, -0.2) is 24.2 Å². The third-order valence-corrected chi connectivity index (χ3v) is 1.74. The zero-order chi connectivity index (χ0) is 9.84. The quantitative estimate of drug-likeness (QED) is 0.742. The predicted octanol–water partition coefficient (Wildman–Crippen LogP) is 0.486. The summed E-state index contributed by atoms with van der Waals surface area (Å²) in [7, 11) is 2.97. The molecule has 0 aliphatic heterocycles. The van der Waals surface area contributed by atoms with E-state index in [0.29, 0.717) is 5.82 Å². The number of aromatic nitrogens is 2. The van der Waals surface area contributed by atoms with Gasteiger partial charge in [-0.2, -0.15) is 0 Å². The van der Waals surface area contributed by atoms with Crippen molar-refractivity contribution in [3.8, 4) is 5.75 Å². The van der Waals surface area contributed by atoms with Crippen LogP contribution in [0.15, 0.2) is 11.0 Å². The molecule has 1 heterocycles. The number of ether oxygens (including phenoxy) is 2. The van der Waals surface area contributed by atoms with Crippen LogP contribution < -0.4 is 10.3 Å². The molecule has 0 radical (unpaired) electrons. The number of nitrogens with zero attached hydrogens (tertiary/aromatic N) is 1. The van der Waals surface area contributed by atoms with Gasteiger partial charge in [0.15, 0.2) is 0 Å². The van der Waals surface area contributed by atoms with E-state index in [0.717, 1.165) is 0 Å². The fourth-order valence-corrected chi connectivity index (χ4v) is 0.861. The summed E-state index contributed by atoms with van der Waals surface area (Å²) in [6.07, 6.45) is 1.16. The zero-order valence-electron chi connectivity index (χ0n) is 7.83. The van der Waals surface area contributed by atoms with Gasteiger partial charge in [0, 0.05) is 7.11 Å². The number of H-pyrrole nitrogens is 1. The van der Waals surface area contributed by atoms with E-state index in [1.165, 1.54) is 13.3 Å². The van der Waals surface area contributed by atoms with E-state index >= 15 is 0 Å². The molecule has 1 atom stereocenters. The van der Waals surface area contributed by atoms with E-state index in [2.05, 4.69) is 9.97 Å². The zero-order valence-corrected chi connectivity index (χ0v) is 7.83. The minimum atomic E-state index is -0.295. The number of hydrogen-bond donors (Lipinski definition) is 1. The second kappa shape index (κ2) is 4.04. The van der Waals surface area contributed by atoms with E-state index in [4.69, 9.17) is 9.47 Å². The van der Waals surface area contributed by atoms with Crippen LogP contribution in [0.1, 0.15) is 18.9 Å². The highest BCUT2D eigenvalue weighted by Crippen LogP contribution is 2.09. The molecule has 0 amide bonds. The van der Waals surface area contributed by atoms with Gasteiger partial charge in [-0.3, -0.25) is 4.79 Å². The molecule has 0 saturated carbocycles. The molecule has 0 spiro atoms. The average Bonchev–Trinajstić information content (AvgIpc) is 2.16. The van der Waals surface area contributed by atoms with Crippen molar-refractivity contribution in [1.29, 1.82) is 0 Å². The van der Waals surface area contributed by atoms with E-state index < -0.39 is 0 Å². The minimum absolute atomic E-state index is 0.201. The number of methoxy groups -OCH3 is 2. The van der Waals surface area contributed by atoms with Crippen LogP contribution in [0.2, 0.25) is 0 Å². The summed E-state index contributed by atoms with van der Waals surface area (Å²) in [6.45, 7) is 1.80. The molecular formula is C8H12N2O3. The minimum Gasteiger partial charge on any atom is -0.490 e. The van der Waals surface area contributed by atoms with Crippen LogP contribution in [0.3, 0.4) is 0 Å². The van der Waals surface area contributed by atoms with Crippen LogP contribution in [0.4, 0.5) is 0 Å². The van der Waals surface area contributed by atoms with Crippen LogP contribution in [-0.2, 0) is 4.74 Å². The molecule has 0 aromatic carbocycles. The second-order valence-corrected chi connectivity index (χ2v) is 2.54. The van der Waals surface area contributed by atoms with Crippen molar-refractivity contribution in [2.75, 3.05) is 14.2 Å². The Balaban J connectivity index is 3.03. The lowest BCUT2D eigenvalue weighted by molar-refractivity contribution is 0.111. The van der Waals surface area contributed by atoms with Crippen molar-refractivity contribution in [1.82, 2.24) is 9.97 Å². The molecule has 0 fully saturated rings. The van der Waals surface area contributed by atoms with E-state index in [-0.39, 0.29) is 17.4 Å². The van der Waals surface area contributed by atoms with Gasteiger partial charge in [-0.25, -0.2) is 4.98 Å². The SMILES string of the molecule is COc1cnc(C(C)OC)[nH]c1=O. The largest absolute Gasteiger partial charge is 0.490 e. The number of hydrogen-bond acceptors (Lipinski definition) is 4. The van der Waals surface area contributed by atoms with Crippen molar-refractivity contribution in [3.63, 3.8) is 0 Å². The van der Waals surface area contributed by atoms with Gasteiger partial charge in [-0.1, -0.05) is 0 Å². The van der Waals surface area contributed by atoms with Gasteiger partial charge < -0.3 is 14.5 Å². The maximum Gasteiger partial charge on any atom is 0.293 e. The summed E-state index contributed by atoms with van der Waals surface area (Å²) >= 11 is 0. The highest BCUT2D eigenvalue weighted by molar-refractivity contribution is 5.13. The lowest BCUT2D eigenvalue weighted by atomic mass is 10.4. The van der Waals surface area contributed by atoms with Gasteiger partial charge in [0.05, 0.1) is 13.3 Å². The van der Waals surface area contributed by atoms with Crippen molar-refractivity contribution in [2.45, 2.75) is 13.0 Å². The number of rotatable bonds is 3. The Morgan fingerprint density at radius 1 is 1.54 bits per heavy atom. The smallest absolute Gasteiger partial charge is 0.293 e. The van der Waals surface area contributed by atoms with Crippen LogP contribution in [0.5, 0.6) is 5.75 Å². The van der Waals surface area contributed by atoms with E-state index in [1.807, 2.05) is 0 Å². The fourth-order valence-electron chi connectivity index (χ4n) is 0.861. The first-order valence-electron chi connectivity index (χ1n) is 3.85. The molecule has 0 aliphatic rings. The van der Waals surface area contributed by atoms with Crippen LogP contribution >= 0.6 is 0 Å². The highest BCUT2D eigenvalue weighted by Gasteiger charge is 2.08. The molecule has 0 bridgehead atoms. The first kappa shape index (κ1) is 9.73. The van der Waals surface area contributed by atoms with Crippen molar-refractivity contribution in [2.24, 2.45) is 0 Å². The number of nitrogens with one attached hydrogen (secondary N) is 1. The van der Waals surface area contributed by atoms with E-state index in [9.17, 15) is 4.79 Å². The summed E-state index contributed by atoms with van der Waals surface area (Å²) in [5.41, 5.74) is -0.295. The molecular weight excluding hydrogens is 172 g/mol. The summed E-state index contributed by atoms with van der Waals surface area (Å²) in [6, 6.07) is 0. The Hall–Kier alpha value is -1.36. The molecule has 13 heavy (non-hydrogen) atoms. The predicted molar refractivity (Wildman–Crippen MR) is 46.8 cm³/mol. The second-order valence-electron chi connectivity index (χ2n) is 2.54. The van der Waals surface area contributed by atoms with Gasteiger partial charge >= 0.3 is 0 Å². The van der Waals surface area contributed by atoms with E-state index in [1.54, 1.807) is 14.0 Å². The van der Waals surface area contributed by atoms with Gasteiger partial charge in [0.1, 0.15) is 11.9 Å². The summed E-state index contributed by atoms with van der Waals surface area (Å²) < 4.78 is 9.76. The molecule has 5 heteroatoms. The third-order valence-electron chi connectivity index (χ3n) is 1.74. The van der Waals surface area contributed by atoms with Gasteiger partial charge in [0.25, 0.3) is 5.56 Å². The molecule has 1 aromatic heterocycles. The van der Waals surface area contributed by atoms with Crippen molar-refractivity contribution < 1.29 is 9.47 Å². The molecule has 0 aliphatic carbocycles. The Morgan fingerprint density at radius 2 is 2.23 bits per heavy atom. The third kappa shape index (κ3) is 2.06. The fraction of sp³-hybridized carbons (Fsp3) is 0.500. The Morgan fingerprint density at radius 3 is 2.69 bits per heavy atom. The average molecular weight is 184 g/mol. The summed E-state index contributed by atoms with van der Waals surface area (Å²) in [5.74, 6) is 0.695. The Bertz CT molecular complexity index is 334. The Kier molecular flexibility index (Phi) is 3.02. The first-order chi connectivity index (χ1) is 6.19. The molecule has 5 nitrogen and oxygen atoms in total. The number of aromatic amines is 1. The topological polar surface area (TPSA) is 64.2 Å². The summed E-state index contributed by atoms with van der Waals surface area (Å²) in [5, 5.41) is 0. The highest BCUT2D eigenvalue weighted by atomic mass is 16.5. The van der Waals surface area contributed by atoms with Crippen molar-refractivity contribution in [3.05, 3.63) is 22.4 Å². The standard InChI is InChI=1S/C8H12N2O3/c1-5(12-2)7-9-4-6(13-3)8(11)10-7/h4-5H,1-3H3,(H,9,10,11). The molecule has 1 N–H and O–H groups in total. The molecule has 1 unspecified atom stereocenters. The lowest BCUT2D eigenvalue weighted by Gasteiger charge is -2.07. The van der Waals surface area contributed by atoms with Crippen LogP contribution in [0, 0.1) is 0 Å².